The molecule has 4 rings (SSSR count). The molecule has 7 heteroatoms. The Morgan fingerprint density at radius 3 is 2.41 bits per heavy atom. The van der Waals surface area contributed by atoms with E-state index in [2.05, 4.69) is 21.2 Å². The maximum absolute atomic E-state index is 13.7. The highest BCUT2D eigenvalue weighted by molar-refractivity contribution is 9.10. The number of nitrogens with one attached hydrogen (secondary N) is 1. The molecule has 3 aromatic rings. The van der Waals surface area contributed by atoms with Crippen LogP contribution in [0.1, 0.15) is 43.6 Å². The van der Waals surface area contributed by atoms with Gasteiger partial charge in [-0.25, -0.2) is 0 Å². The number of rotatable bonds is 6. The van der Waals surface area contributed by atoms with Crippen molar-refractivity contribution in [1.82, 2.24) is 10.2 Å². The molecule has 0 radical (unpaired) electrons. The van der Waals surface area contributed by atoms with Crippen molar-refractivity contribution >= 4 is 50.1 Å². The molecule has 1 unspecified atom stereocenters. The SMILES string of the molecule is CC(C(=O)NC(C)(C)C)N(Cc1cccc(Br)c1)C(=O)CN1C(=O)c2cccc3cccc1c23. The number of benzene rings is 3. The third-order valence-electron chi connectivity index (χ3n) is 5.85. The number of hydrogen-bond acceptors (Lipinski definition) is 3. The number of carbonyl (C=O) groups is 3. The van der Waals surface area contributed by atoms with Crippen molar-refractivity contribution in [2.24, 2.45) is 0 Å². The number of nitrogens with zero attached hydrogens (tertiary/aromatic N) is 2. The molecule has 0 aromatic heterocycles. The Kier molecular flexibility index (Phi) is 6.49. The minimum absolute atomic E-state index is 0.145. The molecule has 1 aliphatic heterocycles. The molecule has 0 bridgehead atoms. The average Bonchev–Trinajstić information content (AvgIpc) is 3.04. The number of amides is 3. The molecular weight excluding hydrogens is 494 g/mol. The molecule has 3 amide bonds. The zero-order valence-electron chi connectivity index (χ0n) is 19.8. The number of carbonyl (C=O) groups excluding carboxylic acids is 3. The summed E-state index contributed by atoms with van der Waals surface area (Å²) in [6.07, 6.45) is 0. The van der Waals surface area contributed by atoms with Gasteiger partial charge in [-0.1, -0.05) is 52.3 Å². The van der Waals surface area contributed by atoms with Crippen LogP contribution < -0.4 is 10.2 Å². The summed E-state index contributed by atoms with van der Waals surface area (Å²) in [6.45, 7) is 7.53. The van der Waals surface area contributed by atoms with E-state index in [9.17, 15) is 14.4 Å². The summed E-state index contributed by atoms with van der Waals surface area (Å²) in [5.41, 5.74) is 1.77. The highest BCUT2D eigenvalue weighted by atomic mass is 79.9. The Balaban J connectivity index is 1.63. The van der Waals surface area contributed by atoms with Gasteiger partial charge in [0.1, 0.15) is 12.6 Å². The summed E-state index contributed by atoms with van der Waals surface area (Å²) in [6, 6.07) is 18.2. The van der Waals surface area contributed by atoms with E-state index in [1.54, 1.807) is 17.9 Å². The van der Waals surface area contributed by atoms with Crippen LogP contribution in [-0.4, -0.2) is 40.7 Å². The van der Waals surface area contributed by atoms with E-state index >= 15 is 0 Å². The summed E-state index contributed by atoms with van der Waals surface area (Å²) in [5.74, 6) is -0.738. The van der Waals surface area contributed by atoms with Crippen LogP contribution in [0.5, 0.6) is 0 Å². The van der Waals surface area contributed by atoms with E-state index in [1.165, 1.54) is 4.90 Å². The fourth-order valence-electron chi connectivity index (χ4n) is 4.25. The molecule has 0 fully saturated rings. The third kappa shape index (κ3) is 4.85. The maximum Gasteiger partial charge on any atom is 0.259 e. The first kappa shape index (κ1) is 24.0. The standard InChI is InChI=1S/C27H28BrN3O3/c1-17(25(33)29-27(2,3)4)30(15-18-8-5-11-20(28)14-18)23(32)16-31-22-13-7-10-19-9-6-12-21(24(19)22)26(31)34/h5-14,17H,15-16H2,1-4H3,(H,29,33). The van der Waals surface area contributed by atoms with E-state index in [0.29, 0.717) is 5.56 Å². The van der Waals surface area contributed by atoms with Crippen LogP contribution in [0.25, 0.3) is 10.8 Å². The Labute approximate surface area is 208 Å². The van der Waals surface area contributed by atoms with Crippen LogP contribution in [0, 0.1) is 0 Å². The lowest BCUT2D eigenvalue weighted by Gasteiger charge is -2.32. The molecule has 6 nitrogen and oxygen atoms in total. The Hall–Kier alpha value is -3.19. The molecule has 1 heterocycles. The molecule has 1 aliphatic rings. The van der Waals surface area contributed by atoms with Gasteiger partial charge in [0.25, 0.3) is 5.91 Å². The molecule has 34 heavy (non-hydrogen) atoms. The van der Waals surface area contributed by atoms with Crippen molar-refractivity contribution < 1.29 is 14.4 Å². The Bertz CT molecular complexity index is 1280. The van der Waals surface area contributed by atoms with Crippen LogP contribution >= 0.6 is 15.9 Å². The lowest BCUT2D eigenvalue weighted by atomic mass is 10.1. The van der Waals surface area contributed by atoms with Crippen molar-refractivity contribution in [3.63, 3.8) is 0 Å². The number of halogens is 1. The predicted octanol–water partition coefficient (Wildman–Crippen LogP) is 4.89. The zero-order valence-corrected chi connectivity index (χ0v) is 21.3. The zero-order chi connectivity index (χ0) is 24.6. The summed E-state index contributed by atoms with van der Waals surface area (Å²) in [4.78, 5) is 42.9. The van der Waals surface area contributed by atoms with Gasteiger partial charge in [-0.15, -0.1) is 0 Å². The smallest absolute Gasteiger partial charge is 0.259 e. The molecule has 0 saturated heterocycles. The Morgan fingerprint density at radius 2 is 1.74 bits per heavy atom. The van der Waals surface area contributed by atoms with Crippen molar-refractivity contribution in [2.75, 3.05) is 11.4 Å². The van der Waals surface area contributed by atoms with E-state index in [1.807, 2.05) is 75.4 Å². The molecule has 1 N–H and O–H groups in total. The van der Waals surface area contributed by atoms with Crippen molar-refractivity contribution in [3.8, 4) is 0 Å². The van der Waals surface area contributed by atoms with E-state index in [-0.39, 0.29) is 30.8 Å². The van der Waals surface area contributed by atoms with Crippen molar-refractivity contribution in [2.45, 2.75) is 45.8 Å². The quantitative estimate of drug-likeness (QED) is 0.501. The minimum Gasteiger partial charge on any atom is -0.350 e. The molecule has 1 atom stereocenters. The van der Waals surface area contributed by atoms with Crippen LogP contribution in [0.3, 0.4) is 0 Å². The first-order valence-electron chi connectivity index (χ1n) is 11.2. The summed E-state index contributed by atoms with van der Waals surface area (Å²) in [7, 11) is 0. The highest BCUT2D eigenvalue weighted by Crippen LogP contribution is 2.37. The van der Waals surface area contributed by atoms with Gasteiger partial charge in [0.2, 0.25) is 11.8 Å². The van der Waals surface area contributed by atoms with E-state index in [4.69, 9.17) is 0 Å². The van der Waals surface area contributed by atoms with E-state index < -0.39 is 11.6 Å². The number of anilines is 1. The first-order valence-corrected chi connectivity index (χ1v) is 12.0. The van der Waals surface area contributed by atoms with Crippen LogP contribution in [0.15, 0.2) is 65.1 Å². The van der Waals surface area contributed by atoms with Gasteiger partial charge in [0.05, 0.1) is 5.69 Å². The molecule has 3 aromatic carbocycles. The maximum atomic E-state index is 13.7. The summed E-state index contributed by atoms with van der Waals surface area (Å²) < 4.78 is 0.890. The largest absolute Gasteiger partial charge is 0.350 e. The molecule has 176 valence electrons. The fourth-order valence-corrected chi connectivity index (χ4v) is 4.70. The second kappa shape index (κ2) is 9.22. The van der Waals surface area contributed by atoms with Gasteiger partial charge in [-0.3, -0.25) is 19.3 Å². The highest BCUT2D eigenvalue weighted by Gasteiger charge is 2.34. The van der Waals surface area contributed by atoms with Gasteiger partial charge < -0.3 is 10.2 Å². The first-order chi connectivity index (χ1) is 16.0. The van der Waals surface area contributed by atoms with E-state index in [0.717, 1.165) is 26.5 Å². The summed E-state index contributed by atoms with van der Waals surface area (Å²) in [5, 5.41) is 4.78. The molecule has 0 saturated carbocycles. The topological polar surface area (TPSA) is 69.7 Å². The van der Waals surface area contributed by atoms with Gasteiger partial charge in [-0.2, -0.15) is 0 Å². The van der Waals surface area contributed by atoms with Crippen LogP contribution in [0.2, 0.25) is 0 Å². The lowest BCUT2D eigenvalue weighted by Crippen LogP contribution is -2.54. The third-order valence-corrected chi connectivity index (χ3v) is 6.34. The second-order valence-corrected chi connectivity index (χ2v) is 10.6. The predicted molar refractivity (Wildman–Crippen MR) is 138 cm³/mol. The average molecular weight is 522 g/mol. The van der Waals surface area contributed by atoms with Crippen molar-refractivity contribution in [1.29, 1.82) is 0 Å². The molecule has 0 spiro atoms. The summed E-state index contributed by atoms with van der Waals surface area (Å²) >= 11 is 3.47. The molecule has 0 aliphatic carbocycles. The minimum atomic E-state index is -0.721. The fraction of sp³-hybridized carbons (Fsp3) is 0.296. The molecular formula is C27H28BrN3O3. The monoisotopic (exact) mass is 521 g/mol. The van der Waals surface area contributed by atoms with Gasteiger partial charge >= 0.3 is 0 Å². The normalized spacial score (nSPS) is 13.8. The van der Waals surface area contributed by atoms with Gasteiger partial charge in [0.15, 0.2) is 0 Å². The Morgan fingerprint density at radius 1 is 1.06 bits per heavy atom. The number of hydrogen-bond donors (Lipinski definition) is 1. The second-order valence-electron chi connectivity index (χ2n) is 9.64. The van der Waals surface area contributed by atoms with Gasteiger partial charge in [-0.05, 0) is 62.9 Å². The lowest BCUT2D eigenvalue weighted by molar-refractivity contribution is -0.140. The van der Waals surface area contributed by atoms with Crippen LogP contribution in [0.4, 0.5) is 5.69 Å². The van der Waals surface area contributed by atoms with Crippen molar-refractivity contribution in [3.05, 3.63) is 76.3 Å². The van der Waals surface area contributed by atoms with Gasteiger partial charge in [0, 0.05) is 27.5 Å². The van der Waals surface area contributed by atoms with Crippen LogP contribution in [-0.2, 0) is 16.1 Å².